The molecule has 8 heteroatoms. The second-order valence-corrected chi connectivity index (χ2v) is 8.66. The SMILES string of the molecule is Cc1cc(NC(=O)CCCN(c2ccccc2F)S(C)(=O)=O)ccc1Br. The number of para-hydroxylation sites is 1. The van der Waals surface area contributed by atoms with Crippen LogP contribution in [0.15, 0.2) is 46.9 Å². The summed E-state index contributed by atoms with van der Waals surface area (Å²) < 4.78 is 39.8. The molecular weight excluding hydrogens is 423 g/mol. The van der Waals surface area contributed by atoms with Gasteiger partial charge in [-0.15, -0.1) is 0 Å². The molecule has 0 aliphatic rings. The number of carbonyl (C=O) groups excluding carboxylic acids is 1. The van der Waals surface area contributed by atoms with Crippen molar-refractivity contribution >= 4 is 43.2 Å². The molecule has 0 atom stereocenters. The number of nitrogens with one attached hydrogen (secondary N) is 1. The Labute approximate surface area is 161 Å². The number of amides is 1. The van der Waals surface area contributed by atoms with Crippen molar-refractivity contribution in [2.45, 2.75) is 19.8 Å². The highest BCUT2D eigenvalue weighted by molar-refractivity contribution is 9.10. The first kappa shape index (κ1) is 20.4. The van der Waals surface area contributed by atoms with E-state index < -0.39 is 15.8 Å². The molecule has 2 aromatic rings. The Balaban J connectivity index is 1.98. The van der Waals surface area contributed by atoms with Gasteiger partial charge in [-0.05, 0) is 49.2 Å². The second kappa shape index (κ2) is 8.64. The summed E-state index contributed by atoms with van der Waals surface area (Å²) in [5.41, 5.74) is 1.65. The van der Waals surface area contributed by atoms with Crippen LogP contribution in [0.5, 0.6) is 0 Å². The fourth-order valence-electron chi connectivity index (χ4n) is 2.45. The van der Waals surface area contributed by atoms with Crippen molar-refractivity contribution in [3.8, 4) is 0 Å². The molecule has 0 bridgehead atoms. The zero-order valence-electron chi connectivity index (χ0n) is 14.5. The molecule has 0 aromatic heterocycles. The Morgan fingerprint density at radius 2 is 1.92 bits per heavy atom. The lowest BCUT2D eigenvalue weighted by atomic mass is 10.2. The first-order valence-corrected chi connectivity index (χ1v) is 10.6. The lowest BCUT2D eigenvalue weighted by molar-refractivity contribution is -0.116. The third-order valence-electron chi connectivity index (χ3n) is 3.73. The smallest absolute Gasteiger partial charge is 0.232 e. The van der Waals surface area contributed by atoms with Crippen molar-refractivity contribution in [2.24, 2.45) is 0 Å². The molecule has 1 amide bonds. The van der Waals surface area contributed by atoms with Crippen molar-refractivity contribution in [1.82, 2.24) is 0 Å². The largest absolute Gasteiger partial charge is 0.326 e. The predicted octanol–water partition coefficient (Wildman–Crippen LogP) is 4.08. The number of sulfonamides is 1. The van der Waals surface area contributed by atoms with Crippen LogP contribution < -0.4 is 9.62 Å². The number of anilines is 2. The molecule has 0 unspecified atom stereocenters. The number of hydrogen-bond acceptors (Lipinski definition) is 3. The minimum atomic E-state index is -3.65. The van der Waals surface area contributed by atoms with Gasteiger partial charge in [-0.2, -0.15) is 0 Å². The highest BCUT2D eigenvalue weighted by atomic mass is 79.9. The topological polar surface area (TPSA) is 66.5 Å². The molecule has 5 nitrogen and oxygen atoms in total. The van der Waals surface area contributed by atoms with Crippen molar-refractivity contribution in [3.63, 3.8) is 0 Å². The molecule has 1 N–H and O–H groups in total. The minimum absolute atomic E-state index is 0.0149. The van der Waals surface area contributed by atoms with E-state index in [1.165, 1.54) is 18.2 Å². The molecule has 140 valence electrons. The van der Waals surface area contributed by atoms with Crippen LogP contribution in [0.25, 0.3) is 0 Å². The van der Waals surface area contributed by atoms with Gasteiger partial charge in [0.1, 0.15) is 5.82 Å². The first-order valence-electron chi connectivity index (χ1n) is 7.97. The molecule has 2 rings (SSSR count). The molecule has 0 aliphatic heterocycles. The van der Waals surface area contributed by atoms with Crippen LogP contribution in [0, 0.1) is 12.7 Å². The summed E-state index contributed by atoms with van der Waals surface area (Å²) in [4.78, 5) is 12.1. The van der Waals surface area contributed by atoms with Gasteiger partial charge in [-0.1, -0.05) is 28.1 Å². The van der Waals surface area contributed by atoms with Crippen LogP contribution in [-0.4, -0.2) is 27.1 Å². The number of nitrogens with zero attached hydrogens (tertiary/aromatic N) is 1. The van der Waals surface area contributed by atoms with Crippen LogP contribution in [-0.2, 0) is 14.8 Å². The van der Waals surface area contributed by atoms with Crippen molar-refractivity contribution in [2.75, 3.05) is 22.4 Å². The monoisotopic (exact) mass is 442 g/mol. The van der Waals surface area contributed by atoms with Gasteiger partial charge in [0.05, 0.1) is 11.9 Å². The average Bonchev–Trinajstić information content (AvgIpc) is 2.55. The van der Waals surface area contributed by atoms with E-state index in [9.17, 15) is 17.6 Å². The Morgan fingerprint density at radius 1 is 1.23 bits per heavy atom. The average molecular weight is 443 g/mol. The summed E-state index contributed by atoms with van der Waals surface area (Å²) in [5, 5.41) is 2.77. The number of rotatable bonds is 7. The number of aryl methyl sites for hydroxylation is 1. The summed E-state index contributed by atoms with van der Waals surface area (Å²) >= 11 is 3.39. The van der Waals surface area contributed by atoms with Gasteiger partial charge in [-0.25, -0.2) is 12.8 Å². The molecule has 0 heterocycles. The van der Waals surface area contributed by atoms with Crippen molar-refractivity contribution < 1.29 is 17.6 Å². The Morgan fingerprint density at radius 3 is 2.54 bits per heavy atom. The summed E-state index contributed by atoms with van der Waals surface area (Å²) in [6, 6.07) is 11.1. The molecular formula is C18H20BrFN2O3S. The van der Waals surface area contributed by atoms with Gasteiger partial charge >= 0.3 is 0 Å². The molecule has 0 aliphatic carbocycles. The number of halogens is 2. The van der Waals surface area contributed by atoms with Gasteiger partial charge in [0, 0.05) is 23.1 Å². The normalized spacial score (nSPS) is 11.2. The molecule has 0 radical (unpaired) electrons. The van der Waals surface area contributed by atoms with E-state index in [1.54, 1.807) is 12.1 Å². The van der Waals surface area contributed by atoms with Gasteiger partial charge in [0.25, 0.3) is 0 Å². The number of carbonyl (C=O) groups is 1. The third kappa shape index (κ3) is 5.54. The van der Waals surface area contributed by atoms with E-state index in [2.05, 4.69) is 21.2 Å². The van der Waals surface area contributed by atoms with E-state index in [4.69, 9.17) is 0 Å². The predicted molar refractivity (Wildman–Crippen MR) is 105 cm³/mol. The zero-order valence-corrected chi connectivity index (χ0v) is 16.9. The highest BCUT2D eigenvalue weighted by Crippen LogP contribution is 2.22. The standard InChI is InChI=1S/C18H20BrFN2O3S/c1-13-12-14(9-10-15(13)19)21-18(23)8-5-11-22(26(2,24)25)17-7-4-3-6-16(17)20/h3-4,6-7,9-10,12H,5,8,11H2,1-2H3,(H,21,23). The van der Waals surface area contributed by atoms with Crippen LogP contribution in [0.4, 0.5) is 15.8 Å². The van der Waals surface area contributed by atoms with Crippen LogP contribution in [0.1, 0.15) is 18.4 Å². The van der Waals surface area contributed by atoms with E-state index in [-0.39, 0.29) is 31.0 Å². The van der Waals surface area contributed by atoms with Gasteiger partial charge in [0.2, 0.25) is 15.9 Å². The quantitative estimate of drug-likeness (QED) is 0.702. The van der Waals surface area contributed by atoms with Crippen LogP contribution in [0.3, 0.4) is 0 Å². The molecule has 0 fully saturated rings. The summed E-state index contributed by atoms with van der Waals surface area (Å²) in [6.45, 7) is 1.94. The van der Waals surface area contributed by atoms with Crippen LogP contribution >= 0.6 is 15.9 Å². The van der Waals surface area contributed by atoms with E-state index in [0.29, 0.717) is 5.69 Å². The molecule has 0 spiro atoms. The first-order chi connectivity index (χ1) is 12.2. The molecule has 26 heavy (non-hydrogen) atoms. The second-order valence-electron chi connectivity index (χ2n) is 5.90. The summed E-state index contributed by atoms with van der Waals surface area (Å²) in [6.07, 6.45) is 1.41. The Kier molecular flexibility index (Phi) is 6.77. The minimum Gasteiger partial charge on any atom is -0.326 e. The fourth-order valence-corrected chi connectivity index (χ4v) is 3.66. The van der Waals surface area contributed by atoms with E-state index in [0.717, 1.165) is 20.6 Å². The zero-order chi connectivity index (χ0) is 19.3. The van der Waals surface area contributed by atoms with Crippen molar-refractivity contribution in [3.05, 3.63) is 58.3 Å². The van der Waals surface area contributed by atoms with Crippen LogP contribution in [0.2, 0.25) is 0 Å². The molecule has 2 aromatic carbocycles. The van der Waals surface area contributed by atoms with Gasteiger partial charge in [0.15, 0.2) is 0 Å². The lowest BCUT2D eigenvalue weighted by Gasteiger charge is -2.22. The third-order valence-corrected chi connectivity index (χ3v) is 5.80. The number of hydrogen-bond donors (Lipinski definition) is 1. The van der Waals surface area contributed by atoms with Gasteiger partial charge < -0.3 is 5.32 Å². The van der Waals surface area contributed by atoms with E-state index in [1.807, 2.05) is 19.1 Å². The van der Waals surface area contributed by atoms with Crippen molar-refractivity contribution in [1.29, 1.82) is 0 Å². The van der Waals surface area contributed by atoms with E-state index >= 15 is 0 Å². The Bertz CT molecular complexity index is 903. The lowest BCUT2D eigenvalue weighted by Crippen LogP contribution is -2.32. The maximum atomic E-state index is 13.9. The maximum Gasteiger partial charge on any atom is 0.232 e. The number of benzene rings is 2. The molecule has 0 saturated carbocycles. The van der Waals surface area contributed by atoms with Gasteiger partial charge in [-0.3, -0.25) is 9.10 Å². The Hall–Kier alpha value is -1.93. The summed E-state index contributed by atoms with van der Waals surface area (Å²) in [5.74, 6) is -0.846. The molecule has 0 saturated heterocycles. The maximum absolute atomic E-state index is 13.9. The summed E-state index contributed by atoms with van der Waals surface area (Å²) in [7, 11) is -3.65. The highest BCUT2D eigenvalue weighted by Gasteiger charge is 2.20. The fraction of sp³-hybridized carbons (Fsp3) is 0.278.